The van der Waals surface area contributed by atoms with Crippen molar-refractivity contribution in [1.29, 1.82) is 0 Å². The van der Waals surface area contributed by atoms with Gasteiger partial charge in [-0.15, -0.1) is 0 Å². The Balaban J connectivity index is 2.46. The highest BCUT2D eigenvalue weighted by Gasteiger charge is 2.25. The van der Waals surface area contributed by atoms with Crippen LogP contribution in [-0.4, -0.2) is 5.97 Å². The molecule has 3 heteroatoms. The summed E-state index contributed by atoms with van der Waals surface area (Å²) < 4.78 is 6.19. The van der Waals surface area contributed by atoms with Crippen LogP contribution in [0.1, 0.15) is 31.2 Å². The lowest BCUT2D eigenvalue weighted by Crippen LogP contribution is -2.19. The average molecular weight is 255 g/mol. The highest BCUT2D eigenvalue weighted by atomic mass is 79.9. The van der Waals surface area contributed by atoms with E-state index in [2.05, 4.69) is 22.9 Å². The van der Waals surface area contributed by atoms with Crippen LogP contribution in [-0.2, 0) is 4.79 Å². The quantitative estimate of drug-likeness (QED) is 0.568. The van der Waals surface area contributed by atoms with Gasteiger partial charge in [-0.05, 0) is 36.1 Å². The normalized spacial score (nSPS) is 20.1. The van der Waals surface area contributed by atoms with Crippen LogP contribution in [0, 0.1) is 0 Å². The van der Waals surface area contributed by atoms with Crippen molar-refractivity contribution in [3.63, 3.8) is 0 Å². The summed E-state index contributed by atoms with van der Waals surface area (Å²) in [6.45, 7) is 2.09. The largest absolute Gasteiger partial charge is 0.426 e. The van der Waals surface area contributed by atoms with Gasteiger partial charge in [0, 0.05) is 4.47 Å². The van der Waals surface area contributed by atoms with E-state index in [1.165, 1.54) is 0 Å². The first-order valence-corrected chi connectivity index (χ1v) is 5.50. The molecule has 0 saturated heterocycles. The lowest BCUT2D eigenvalue weighted by atomic mass is 9.91. The minimum Gasteiger partial charge on any atom is -0.426 e. The van der Waals surface area contributed by atoms with Crippen molar-refractivity contribution in [2.75, 3.05) is 0 Å². The molecule has 0 bridgehead atoms. The summed E-state index contributed by atoms with van der Waals surface area (Å²) in [5.74, 6) is 0.909. The molecule has 1 atom stereocenters. The fourth-order valence-electron chi connectivity index (χ4n) is 1.77. The number of fused-ring (bicyclic) bond motifs is 1. The zero-order valence-electron chi connectivity index (χ0n) is 7.92. The van der Waals surface area contributed by atoms with Gasteiger partial charge in [0.25, 0.3) is 0 Å². The zero-order chi connectivity index (χ0) is 10.1. The van der Waals surface area contributed by atoms with Gasteiger partial charge in [-0.1, -0.05) is 22.9 Å². The first kappa shape index (κ1) is 9.71. The van der Waals surface area contributed by atoms with Gasteiger partial charge in [-0.25, -0.2) is 0 Å². The van der Waals surface area contributed by atoms with E-state index in [-0.39, 0.29) is 5.97 Å². The van der Waals surface area contributed by atoms with Gasteiger partial charge in [-0.2, -0.15) is 0 Å². The first-order chi connectivity index (χ1) is 6.70. The molecule has 0 radical (unpaired) electrons. The molecule has 1 aliphatic rings. The first-order valence-electron chi connectivity index (χ1n) is 4.71. The third-order valence-corrected chi connectivity index (χ3v) is 3.03. The molecule has 14 heavy (non-hydrogen) atoms. The molecule has 2 nitrogen and oxygen atoms in total. The van der Waals surface area contributed by atoms with Crippen molar-refractivity contribution in [1.82, 2.24) is 0 Å². The molecule has 0 unspecified atom stereocenters. The molecule has 1 heterocycles. The zero-order valence-corrected chi connectivity index (χ0v) is 9.50. The summed E-state index contributed by atoms with van der Waals surface area (Å²) in [5, 5.41) is 0. The van der Waals surface area contributed by atoms with Gasteiger partial charge in [0.1, 0.15) is 5.75 Å². The number of esters is 1. The van der Waals surface area contributed by atoms with Gasteiger partial charge in [-0.3, -0.25) is 4.79 Å². The Hall–Kier alpha value is -0.830. The van der Waals surface area contributed by atoms with E-state index >= 15 is 0 Å². The summed E-state index contributed by atoms with van der Waals surface area (Å²) in [6, 6.07) is 5.78. The van der Waals surface area contributed by atoms with Gasteiger partial charge in [0.05, 0.1) is 6.42 Å². The SMILES string of the molecule is CC[C@@H]1CC(=O)Oc2ccc(Br)cc21. The van der Waals surface area contributed by atoms with Crippen molar-refractivity contribution in [3.8, 4) is 5.75 Å². The third kappa shape index (κ3) is 1.69. The Kier molecular flexibility index (Phi) is 2.59. The molecule has 0 saturated carbocycles. The third-order valence-electron chi connectivity index (χ3n) is 2.54. The van der Waals surface area contributed by atoms with Crippen molar-refractivity contribution in [2.24, 2.45) is 0 Å². The number of benzene rings is 1. The highest BCUT2D eigenvalue weighted by molar-refractivity contribution is 9.10. The smallest absolute Gasteiger partial charge is 0.311 e. The van der Waals surface area contributed by atoms with E-state index in [4.69, 9.17) is 4.74 Å². The molecule has 0 amide bonds. The molecule has 1 aromatic carbocycles. The van der Waals surface area contributed by atoms with E-state index in [1.807, 2.05) is 18.2 Å². The van der Waals surface area contributed by atoms with Crippen LogP contribution in [0.15, 0.2) is 22.7 Å². The maximum Gasteiger partial charge on any atom is 0.311 e. The lowest BCUT2D eigenvalue weighted by Gasteiger charge is -2.23. The van der Waals surface area contributed by atoms with Crippen molar-refractivity contribution in [2.45, 2.75) is 25.7 Å². The number of carbonyl (C=O) groups is 1. The van der Waals surface area contributed by atoms with Crippen LogP contribution in [0.5, 0.6) is 5.75 Å². The van der Waals surface area contributed by atoms with E-state index in [9.17, 15) is 4.79 Å². The van der Waals surface area contributed by atoms with Gasteiger partial charge in [0.15, 0.2) is 0 Å². The van der Waals surface area contributed by atoms with Gasteiger partial charge >= 0.3 is 5.97 Å². The van der Waals surface area contributed by atoms with Crippen LogP contribution in [0.4, 0.5) is 0 Å². The molecule has 1 aliphatic heterocycles. The van der Waals surface area contributed by atoms with Crippen LogP contribution in [0.3, 0.4) is 0 Å². The Bertz CT molecular complexity index is 374. The predicted molar refractivity (Wildman–Crippen MR) is 57.4 cm³/mol. The lowest BCUT2D eigenvalue weighted by molar-refractivity contribution is -0.135. The van der Waals surface area contributed by atoms with Crippen LogP contribution < -0.4 is 4.74 Å². The summed E-state index contributed by atoms with van der Waals surface area (Å²) in [4.78, 5) is 11.2. The Labute approximate surface area is 91.4 Å². The van der Waals surface area contributed by atoms with E-state index < -0.39 is 0 Å². The Morgan fingerprint density at radius 3 is 3.07 bits per heavy atom. The standard InChI is InChI=1S/C11H11BrO2/c1-2-7-5-11(13)14-10-4-3-8(12)6-9(7)10/h3-4,6-7H,2,5H2,1H3/t7-/m1/s1. The molecule has 0 N–H and O–H groups in total. The molecule has 2 rings (SSSR count). The van der Waals surface area contributed by atoms with Crippen LogP contribution in [0.25, 0.3) is 0 Å². The van der Waals surface area contributed by atoms with Gasteiger partial charge < -0.3 is 4.74 Å². The Morgan fingerprint density at radius 2 is 2.36 bits per heavy atom. The second-order valence-electron chi connectivity index (χ2n) is 3.47. The van der Waals surface area contributed by atoms with Crippen molar-refractivity contribution >= 4 is 21.9 Å². The van der Waals surface area contributed by atoms with Crippen molar-refractivity contribution in [3.05, 3.63) is 28.2 Å². The predicted octanol–water partition coefficient (Wildman–Crippen LogP) is 3.25. The Morgan fingerprint density at radius 1 is 1.57 bits per heavy atom. The number of hydrogen-bond donors (Lipinski definition) is 0. The topological polar surface area (TPSA) is 26.3 Å². The molecule has 0 aliphatic carbocycles. The fourth-order valence-corrected chi connectivity index (χ4v) is 2.15. The molecule has 0 spiro atoms. The van der Waals surface area contributed by atoms with Crippen molar-refractivity contribution < 1.29 is 9.53 Å². The molecule has 0 aromatic heterocycles. The second kappa shape index (κ2) is 3.73. The number of carbonyl (C=O) groups excluding carboxylic acids is 1. The minimum atomic E-state index is -0.119. The van der Waals surface area contributed by atoms with Crippen LogP contribution >= 0.6 is 15.9 Å². The molecule has 1 aromatic rings. The maximum absolute atomic E-state index is 11.2. The van der Waals surface area contributed by atoms with Gasteiger partial charge in [0.2, 0.25) is 0 Å². The second-order valence-corrected chi connectivity index (χ2v) is 4.38. The number of ether oxygens (including phenoxy) is 1. The summed E-state index contributed by atoms with van der Waals surface area (Å²) in [6.07, 6.45) is 1.47. The highest BCUT2D eigenvalue weighted by Crippen LogP contribution is 2.37. The molecular weight excluding hydrogens is 244 g/mol. The fraction of sp³-hybridized carbons (Fsp3) is 0.364. The monoisotopic (exact) mass is 254 g/mol. The summed E-state index contributed by atoms with van der Waals surface area (Å²) in [7, 11) is 0. The average Bonchev–Trinajstić information content (AvgIpc) is 2.17. The van der Waals surface area contributed by atoms with E-state index in [1.54, 1.807) is 0 Å². The molecule has 74 valence electrons. The number of rotatable bonds is 1. The van der Waals surface area contributed by atoms with E-state index in [0.29, 0.717) is 12.3 Å². The number of hydrogen-bond acceptors (Lipinski definition) is 2. The number of halogens is 1. The summed E-state index contributed by atoms with van der Waals surface area (Å²) in [5.41, 5.74) is 1.14. The minimum absolute atomic E-state index is 0.119. The van der Waals surface area contributed by atoms with Crippen LogP contribution in [0.2, 0.25) is 0 Å². The molecule has 0 fully saturated rings. The van der Waals surface area contributed by atoms with E-state index in [0.717, 1.165) is 22.2 Å². The summed E-state index contributed by atoms with van der Waals surface area (Å²) >= 11 is 3.42. The maximum atomic E-state index is 11.2. The molecular formula is C11H11BrO2.